The smallest absolute Gasteiger partial charge is 0.137 e. The number of hydrogen-bond acceptors (Lipinski definition) is 2. The lowest BCUT2D eigenvalue weighted by molar-refractivity contribution is 0.211. The van der Waals surface area contributed by atoms with Crippen molar-refractivity contribution < 1.29 is 4.74 Å². The second-order valence-electron chi connectivity index (χ2n) is 4.19. The van der Waals surface area contributed by atoms with Crippen LogP contribution in [-0.2, 0) is 0 Å². The van der Waals surface area contributed by atoms with Crippen LogP contribution < -0.4 is 4.74 Å². The molecule has 1 unspecified atom stereocenters. The van der Waals surface area contributed by atoms with Crippen molar-refractivity contribution in [1.29, 1.82) is 5.26 Å². The van der Waals surface area contributed by atoms with Crippen molar-refractivity contribution in [3.63, 3.8) is 0 Å². The SMILES string of the molecule is Cc1ccc(OC(CC#N)c2ccccc2)cc1. The zero-order valence-electron chi connectivity index (χ0n) is 10.3. The lowest BCUT2D eigenvalue weighted by Gasteiger charge is -2.17. The Morgan fingerprint density at radius 3 is 2.33 bits per heavy atom. The molecule has 2 rings (SSSR count). The summed E-state index contributed by atoms with van der Waals surface area (Å²) >= 11 is 0. The number of rotatable bonds is 4. The molecule has 2 nitrogen and oxygen atoms in total. The van der Waals surface area contributed by atoms with Crippen LogP contribution in [-0.4, -0.2) is 0 Å². The summed E-state index contributed by atoms with van der Waals surface area (Å²) in [6.45, 7) is 2.04. The zero-order chi connectivity index (χ0) is 12.8. The Kier molecular flexibility index (Phi) is 3.98. The van der Waals surface area contributed by atoms with Crippen LogP contribution in [0.15, 0.2) is 54.6 Å². The molecule has 0 radical (unpaired) electrons. The molecule has 0 fully saturated rings. The average Bonchev–Trinajstić information content (AvgIpc) is 2.42. The Bertz CT molecular complexity index is 525. The molecule has 2 aromatic carbocycles. The van der Waals surface area contributed by atoms with Crippen molar-refractivity contribution in [3.8, 4) is 11.8 Å². The summed E-state index contributed by atoms with van der Waals surface area (Å²) in [5.74, 6) is 0.796. The van der Waals surface area contributed by atoms with E-state index in [9.17, 15) is 0 Å². The first-order chi connectivity index (χ1) is 8.79. The number of ether oxygens (including phenoxy) is 1. The highest BCUT2D eigenvalue weighted by atomic mass is 16.5. The van der Waals surface area contributed by atoms with Crippen LogP contribution in [0.25, 0.3) is 0 Å². The largest absolute Gasteiger partial charge is 0.485 e. The molecule has 0 N–H and O–H groups in total. The lowest BCUT2D eigenvalue weighted by Crippen LogP contribution is -2.06. The highest BCUT2D eigenvalue weighted by Crippen LogP contribution is 2.24. The number of nitrogens with zero attached hydrogens (tertiary/aromatic N) is 1. The van der Waals surface area contributed by atoms with Gasteiger partial charge >= 0.3 is 0 Å². The van der Waals surface area contributed by atoms with Crippen molar-refractivity contribution in [2.75, 3.05) is 0 Å². The van der Waals surface area contributed by atoms with Crippen LogP contribution in [0.2, 0.25) is 0 Å². The van der Waals surface area contributed by atoms with Gasteiger partial charge in [-0.15, -0.1) is 0 Å². The number of aryl methyl sites for hydroxylation is 1. The zero-order valence-corrected chi connectivity index (χ0v) is 10.3. The van der Waals surface area contributed by atoms with Crippen LogP contribution in [0, 0.1) is 18.3 Å². The van der Waals surface area contributed by atoms with E-state index in [2.05, 4.69) is 6.07 Å². The van der Waals surface area contributed by atoms with Crippen LogP contribution >= 0.6 is 0 Å². The molecule has 0 heterocycles. The van der Waals surface area contributed by atoms with Gasteiger partial charge in [0.1, 0.15) is 11.9 Å². The van der Waals surface area contributed by atoms with Gasteiger partial charge in [-0.3, -0.25) is 0 Å². The third kappa shape index (κ3) is 3.11. The topological polar surface area (TPSA) is 33.0 Å². The first-order valence-electron chi connectivity index (χ1n) is 5.95. The number of nitriles is 1. The van der Waals surface area contributed by atoms with E-state index in [0.29, 0.717) is 6.42 Å². The summed E-state index contributed by atoms with van der Waals surface area (Å²) < 4.78 is 5.87. The van der Waals surface area contributed by atoms with Crippen LogP contribution in [0.5, 0.6) is 5.75 Å². The summed E-state index contributed by atoms with van der Waals surface area (Å²) in [6.07, 6.45) is 0.136. The summed E-state index contributed by atoms with van der Waals surface area (Å²) in [4.78, 5) is 0. The van der Waals surface area contributed by atoms with Gasteiger partial charge in [0.05, 0.1) is 12.5 Å². The first-order valence-corrected chi connectivity index (χ1v) is 5.95. The summed E-state index contributed by atoms with van der Waals surface area (Å²) in [7, 11) is 0. The molecule has 0 saturated carbocycles. The third-order valence-electron chi connectivity index (χ3n) is 2.75. The van der Waals surface area contributed by atoms with Crippen molar-refractivity contribution in [3.05, 3.63) is 65.7 Å². The van der Waals surface area contributed by atoms with Gasteiger partial charge in [0.2, 0.25) is 0 Å². The van der Waals surface area contributed by atoms with Gasteiger partial charge in [0.25, 0.3) is 0 Å². The second-order valence-corrected chi connectivity index (χ2v) is 4.19. The molecule has 18 heavy (non-hydrogen) atoms. The van der Waals surface area contributed by atoms with Gasteiger partial charge in [-0.2, -0.15) is 5.26 Å². The molecule has 0 bridgehead atoms. The monoisotopic (exact) mass is 237 g/mol. The normalized spacial score (nSPS) is 11.6. The fourth-order valence-electron chi connectivity index (χ4n) is 1.76. The highest BCUT2D eigenvalue weighted by molar-refractivity contribution is 5.28. The molecule has 0 saturated heterocycles. The van der Waals surface area contributed by atoms with E-state index in [1.807, 2.05) is 61.5 Å². The van der Waals surface area contributed by atoms with Crippen LogP contribution in [0.1, 0.15) is 23.7 Å². The molecule has 0 aromatic heterocycles. The minimum atomic E-state index is -0.209. The minimum absolute atomic E-state index is 0.209. The van der Waals surface area contributed by atoms with Crippen LogP contribution in [0.3, 0.4) is 0 Å². The fourth-order valence-corrected chi connectivity index (χ4v) is 1.76. The molecule has 0 amide bonds. The van der Waals surface area contributed by atoms with E-state index < -0.39 is 0 Å². The van der Waals surface area contributed by atoms with Crippen molar-refractivity contribution >= 4 is 0 Å². The predicted molar refractivity (Wildman–Crippen MR) is 71.2 cm³/mol. The standard InChI is InChI=1S/C16H15NO/c1-13-7-9-15(10-8-13)18-16(11-12-17)14-5-3-2-4-6-14/h2-10,16H,11H2,1H3. The quantitative estimate of drug-likeness (QED) is 0.804. The Balaban J connectivity index is 2.17. The van der Waals surface area contributed by atoms with E-state index in [0.717, 1.165) is 11.3 Å². The van der Waals surface area contributed by atoms with E-state index in [1.54, 1.807) is 0 Å². The lowest BCUT2D eigenvalue weighted by atomic mass is 10.1. The van der Waals surface area contributed by atoms with Gasteiger partial charge in [-0.05, 0) is 24.6 Å². The number of benzene rings is 2. The molecule has 2 aromatic rings. The van der Waals surface area contributed by atoms with E-state index >= 15 is 0 Å². The van der Waals surface area contributed by atoms with Gasteiger partial charge in [-0.25, -0.2) is 0 Å². The second kappa shape index (κ2) is 5.88. The predicted octanol–water partition coefficient (Wildman–Crippen LogP) is 4.03. The fraction of sp³-hybridized carbons (Fsp3) is 0.188. The van der Waals surface area contributed by atoms with Crippen molar-refractivity contribution in [2.24, 2.45) is 0 Å². The molecule has 0 aliphatic rings. The van der Waals surface area contributed by atoms with E-state index in [4.69, 9.17) is 10.00 Å². The maximum atomic E-state index is 8.89. The molecule has 1 atom stereocenters. The average molecular weight is 237 g/mol. The molecular weight excluding hydrogens is 222 g/mol. The van der Waals surface area contributed by atoms with E-state index in [1.165, 1.54) is 5.56 Å². The maximum Gasteiger partial charge on any atom is 0.137 e. The first kappa shape index (κ1) is 12.2. The summed E-state index contributed by atoms with van der Waals surface area (Å²) in [6, 6.07) is 19.9. The Labute approximate surface area is 107 Å². The van der Waals surface area contributed by atoms with Crippen molar-refractivity contribution in [2.45, 2.75) is 19.4 Å². The van der Waals surface area contributed by atoms with Crippen LogP contribution in [0.4, 0.5) is 0 Å². The molecule has 0 aliphatic heterocycles. The van der Waals surface area contributed by atoms with E-state index in [-0.39, 0.29) is 6.10 Å². The minimum Gasteiger partial charge on any atom is -0.485 e. The summed E-state index contributed by atoms with van der Waals surface area (Å²) in [5, 5.41) is 8.89. The Morgan fingerprint density at radius 1 is 1.06 bits per heavy atom. The van der Waals surface area contributed by atoms with Gasteiger partial charge in [-0.1, -0.05) is 48.0 Å². The molecule has 2 heteroatoms. The van der Waals surface area contributed by atoms with Gasteiger partial charge < -0.3 is 4.74 Å². The third-order valence-corrected chi connectivity index (χ3v) is 2.75. The Hall–Kier alpha value is -2.27. The molecule has 90 valence electrons. The van der Waals surface area contributed by atoms with Crippen molar-refractivity contribution in [1.82, 2.24) is 0 Å². The van der Waals surface area contributed by atoms with Gasteiger partial charge in [0, 0.05) is 0 Å². The van der Waals surface area contributed by atoms with Gasteiger partial charge in [0.15, 0.2) is 0 Å². The molecular formula is C16H15NO. The number of hydrogen-bond donors (Lipinski definition) is 0. The molecule has 0 spiro atoms. The Morgan fingerprint density at radius 2 is 1.72 bits per heavy atom. The highest BCUT2D eigenvalue weighted by Gasteiger charge is 2.12. The maximum absolute atomic E-state index is 8.89. The molecule has 0 aliphatic carbocycles. The summed E-state index contributed by atoms with van der Waals surface area (Å²) in [5.41, 5.74) is 2.22.